The maximum Gasteiger partial charge on any atom is 0.240 e. The van der Waals surface area contributed by atoms with E-state index in [2.05, 4.69) is 34.3 Å². The summed E-state index contributed by atoms with van der Waals surface area (Å²) in [5.74, 6) is 1.82. The van der Waals surface area contributed by atoms with Crippen LogP contribution >= 0.6 is 0 Å². The van der Waals surface area contributed by atoms with E-state index in [9.17, 15) is 8.42 Å². The standard InChI is InChI=1S/C22H31N7O2S/c1-14(2)19-13-25-29-21(27-17-8-10-18(11-9-17)32(30,31)24-3)12-20(28-22(19)29)26-16-6-4-15(23)5-7-16/h8-16,24,27H,4-7,23H2,1-3H3,(H,26,28)/t15-,16-. The van der Waals surface area contributed by atoms with E-state index in [1.165, 1.54) is 7.05 Å². The van der Waals surface area contributed by atoms with E-state index in [0.717, 1.165) is 54.2 Å². The van der Waals surface area contributed by atoms with Crippen molar-refractivity contribution in [2.24, 2.45) is 5.73 Å². The molecular weight excluding hydrogens is 426 g/mol. The van der Waals surface area contributed by atoms with Crippen LogP contribution in [0.15, 0.2) is 41.4 Å². The Balaban J connectivity index is 1.66. The first-order chi connectivity index (χ1) is 15.3. The minimum absolute atomic E-state index is 0.212. The molecule has 0 spiro atoms. The summed E-state index contributed by atoms with van der Waals surface area (Å²) in [6, 6.07) is 9.18. The van der Waals surface area contributed by atoms with Crippen molar-refractivity contribution in [2.75, 3.05) is 17.7 Å². The van der Waals surface area contributed by atoms with Crippen LogP contribution < -0.4 is 21.1 Å². The number of nitrogens with one attached hydrogen (secondary N) is 3. The van der Waals surface area contributed by atoms with Gasteiger partial charge in [-0.05, 0) is 62.9 Å². The fourth-order valence-corrected chi connectivity index (χ4v) is 4.74. The topological polar surface area (TPSA) is 126 Å². The molecule has 2 aromatic heterocycles. The molecule has 0 atom stereocenters. The Labute approximate surface area is 188 Å². The van der Waals surface area contributed by atoms with Crippen LogP contribution in [-0.2, 0) is 10.0 Å². The molecule has 1 saturated carbocycles. The van der Waals surface area contributed by atoms with Crippen LogP contribution in [0.2, 0.25) is 0 Å². The Hall–Kier alpha value is -2.69. The van der Waals surface area contributed by atoms with Crippen LogP contribution in [0.3, 0.4) is 0 Å². The van der Waals surface area contributed by atoms with Gasteiger partial charge in [0.2, 0.25) is 10.0 Å². The van der Waals surface area contributed by atoms with E-state index in [0.29, 0.717) is 6.04 Å². The van der Waals surface area contributed by atoms with Gasteiger partial charge < -0.3 is 16.4 Å². The molecule has 4 rings (SSSR count). The van der Waals surface area contributed by atoms with E-state index in [1.807, 2.05) is 12.3 Å². The van der Waals surface area contributed by atoms with Crippen molar-refractivity contribution < 1.29 is 8.42 Å². The quantitative estimate of drug-likeness (QED) is 0.429. The summed E-state index contributed by atoms with van der Waals surface area (Å²) in [7, 11) is -2.08. The zero-order chi connectivity index (χ0) is 22.9. The molecule has 5 N–H and O–H groups in total. The van der Waals surface area contributed by atoms with Gasteiger partial charge in [-0.3, -0.25) is 0 Å². The lowest BCUT2D eigenvalue weighted by atomic mass is 9.92. The molecule has 9 nitrogen and oxygen atoms in total. The van der Waals surface area contributed by atoms with E-state index < -0.39 is 10.0 Å². The number of aromatic nitrogens is 3. The molecule has 3 aromatic rings. The van der Waals surface area contributed by atoms with Crippen molar-refractivity contribution in [3.8, 4) is 0 Å². The highest BCUT2D eigenvalue weighted by Gasteiger charge is 2.20. The molecule has 10 heteroatoms. The predicted octanol–water partition coefficient (Wildman–Crippen LogP) is 3.19. The molecule has 0 bridgehead atoms. The van der Waals surface area contributed by atoms with Gasteiger partial charge in [0, 0.05) is 29.4 Å². The molecule has 2 heterocycles. The fraction of sp³-hybridized carbons (Fsp3) is 0.455. The van der Waals surface area contributed by atoms with Crippen LogP contribution in [0.5, 0.6) is 0 Å². The number of rotatable bonds is 7. The van der Waals surface area contributed by atoms with Crippen molar-refractivity contribution >= 4 is 33.0 Å². The van der Waals surface area contributed by atoms with E-state index in [-0.39, 0.29) is 16.9 Å². The number of benzene rings is 1. The highest BCUT2D eigenvalue weighted by Crippen LogP contribution is 2.28. The Kier molecular flexibility index (Phi) is 6.36. The van der Waals surface area contributed by atoms with Gasteiger partial charge in [-0.2, -0.15) is 9.61 Å². The maximum absolute atomic E-state index is 12.0. The molecule has 1 aliphatic carbocycles. The third-order valence-corrected chi connectivity index (χ3v) is 7.38. The van der Waals surface area contributed by atoms with Gasteiger partial charge >= 0.3 is 0 Å². The summed E-state index contributed by atoms with van der Waals surface area (Å²) in [6.07, 6.45) is 5.92. The molecule has 0 saturated heterocycles. The highest BCUT2D eigenvalue weighted by atomic mass is 32.2. The summed E-state index contributed by atoms with van der Waals surface area (Å²) < 4.78 is 28.1. The normalized spacial score (nSPS) is 19.4. The lowest BCUT2D eigenvalue weighted by Gasteiger charge is -2.27. The van der Waals surface area contributed by atoms with Crippen molar-refractivity contribution in [1.29, 1.82) is 0 Å². The van der Waals surface area contributed by atoms with Crippen molar-refractivity contribution in [3.63, 3.8) is 0 Å². The highest BCUT2D eigenvalue weighted by molar-refractivity contribution is 7.89. The Morgan fingerprint density at radius 1 is 1.12 bits per heavy atom. The summed E-state index contributed by atoms with van der Waals surface area (Å²) in [5.41, 5.74) is 8.68. The van der Waals surface area contributed by atoms with Gasteiger partial charge in [-0.15, -0.1) is 0 Å². The number of anilines is 3. The summed E-state index contributed by atoms with van der Waals surface area (Å²) in [5, 5.41) is 11.5. The van der Waals surface area contributed by atoms with Crippen molar-refractivity contribution in [3.05, 3.63) is 42.1 Å². The Morgan fingerprint density at radius 2 is 1.81 bits per heavy atom. The number of nitrogens with zero attached hydrogens (tertiary/aromatic N) is 3. The number of nitrogens with two attached hydrogens (primary N) is 1. The van der Waals surface area contributed by atoms with Gasteiger partial charge in [0.1, 0.15) is 11.6 Å². The van der Waals surface area contributed by atoms with Crippen LogP contribution in [0.4, 0.5) is 17.3 Å². The third-order valence-electron chi connectivity index (χ3n) is 5.95. The molecule has 0 aliphatic heterocycles. The number of sulfonamides is 1. The molecule has 32 heavy (non-hydrogen) atoms. The smallest absolute Gasteiger partial charge is 0.240 e. The van der Waals surface area contributed by atoms with Gasteiger partial charge in [0.15, 0.2) is 5.65 Å². The summed E-state index contributed by atoms with van der Waals surface area (Å²) >= 11 is 0. The molecule has 0 unspecified atom stereocenters. The van der Waals surface area contributed by atoms with Crippen LogP contribution in [-0.4, -0.2) is 42.1 Å². The Bertz CT molecular complexity index is 1180. The van der Waals surface area contributed by atoms with Gasteiger partial charge in [-0.1, -0.05) is 13.8 Å². The molecule has 172 valence electrons. The SMILES string of the molecule is CNS(=O)(=O)c1ccc(Nc2cc(N[C@H]3CC[C@H](N)CC3)nc3c(C(C)C)cnn23)cc1. The van der Waals surface area contributed by atoms with Crippen LogP contribution in [0.1, 0.15) is 51.0 Å². The minimum Gasteiger partial charge on any atom is -0.367 e. The van der Waals surface area contributed by atoms with Gasteiger partial charge in [0.05, 0.1) is 11.1 Å². The second-order valence-corrected chi connectivity index (χ2v) is 10.5. The predicted molar refractivity (Wildman–Crippen MR) is 127 cm³/mol. The summed E-state index contributed by atoms with van der Waals surface area (Å²) in [4.78, 5) is 5.07. The Morgan fingerprint density at radius 3 is 2.44 bits per heavy atom. The minimum atomic E-state index is -3.48. The number of hydrogen-bond donors (Lipinski definition) is 4. The molecule has 1 aliphatic rings. The average molecular weight is 458 g/mol. The first kappa shape index (κ1) is 22.5. The first-order valence-corrected chi connectivity index (χ1v) is 12.5. The van der Waals surface area contributed by atoms with E-state index in [4.69, 9.17) is 10.7 Å². The summed E-state index contributed by atoms with van der Waals surface area (Å²) in [6.45, 7) is 4.24. The molecule has 1 aromatic carbocycles. The largest absolute Gasteiger partial charge is 0.367 e. The van der Waals surface area contributed by atoms with Crippen molar-refractivity contribution in [1.82, 2.24) is 19.3 Å². The lowest BCUT2D eigenvalue weighted by molar-refractivity contribution is 0.410. The van der Waals surface area contributed by atoms with Gasteiger partial charge in [0.25, 0.3) is 0 Å². The van der Waals surface area contributed by atoms with Crippen LogP contribution in [0.25, 0.3) is 5.65 Å². The lowest BCUT2D eigenvalue weighted by Crippen LogP contribution is -2.33. The molecule has 0 radical (unpaired) electrons. The second-order valence-electron chi connectivity index (χ2n) is 8.63. The third kappa shape index (κ3) is 4.72. The fourth-order valence-electron chi connectivity index (χ4n) is 4.01. The zero-order valence-electron chi connectivity index (χ0n) is 18.7. The molecule has 1 fully saturated rings. The first-order valence-electron chi connectivity index (χ1n) is 11.0. The van der Waals surface area contributed by atoms with E-state index >= 15 is 0 Å². The zero-order valence-corrected chi connectivity index (χ0v) is 19.5. The monoisotopic (exact) mass is 457 g/mol. The maximum atomic E-state index is 12.0. The molecule has 0 amide bonds. The molecular formula is C22H31N7O2S. The number of fused-ring (bicyclic) bond motifs is 1. The average Bonchev–Trinajstić information content (AvgIpc) is 3.20. The van der Waals surface area contributed by atoms with E-state index in [1.54, 1.807) is 28.8 Å². The van der Waals surface area contributed by atoms with Crippen molar-refractivity contribution in [2.45, 2.75) is 62.4 Å². The second kappa shape index (κ2) is 9.05. The van der Waals surface area contributed by atoms with Gasteiger partial charge in [-0.25, -0.2) is 18.1 Å². The number of hydrogen-bond acceptors (Lipinski definition) is 7. The van der Waals surface area contributed by atoms with Crippen LogP contribution in [0, 0.1) is 0 Å².